The second-order valence-corrected chi connectivity index (χ2v) is 4.46. The van der Waals surface area contributed by atoms with Gasteiger partial charge in [0.1, 0.15) is 0 Å². The highest BCUT2D eigenvalue weighted by Gasteiger charge is 1.96. The van der Waals surface area contributed by atoms with Gasteiger partial charge >= 0.3 is 0 Å². The molecule has 1 aromatic heterocycles. The van der Waals surface area contributed by atoms with E-state index in [0.29, 0.717) is 4.83 Å². The van der Waals surface area contributed by atoms with Gasteiger partial charge in [-0.05, 0) is 28.8 Å². The molecule has 0 fully saturated rings. The SMILES string of the molecule is C[C@H](Br)Cc1ccsc1. The van der Waals surface area contributed by atoms with Gasteiger partial charge in [0.2, 0.25) is 0 Å². The summed E-state index contributed by atoms with van der Waals surface area (Å²) in [5, 5.41) is 4.31. The largest absolute Gasteiger partial charge is 0.152 e. The van der Waals surface area contributed by atoms with E-state index < -0.39 is 0 Å². The van der Waals surface area contributed by atoms with Crippen molar-refractivity contribution in [2.75, 3.05) is 0 Å². The summed E-state index contributed by atoms with van der Waals surface area (Å²) in [4.78, 5) is 0.604. The molecular formula is C7H9BrS. The Kier molecular flexibility index (Phi) is 2.73. The molecule has 0 saturated heterocycles. The monoisotopic (exact) mass is 204 g/mol. The molecule has 0 spiro atoms. The Morgan fingerprint density at radius 1 is 1.78 bits per heavy atom. The van der Waals surface area contributed by atoms with Crippen molar-refractivity contribution in [1.29, 1.82) is 0 Å². The second-order valence-electron chi connectivity index (χ2n) is 2.12. The summed E-state index contributed by atoms with van der Waals surface area (Å²) >= 11 is 5.26. The lowest BCUT2D eigenvalue weighted by Gasteiger charge is -1.97. The number of halogens is 1. The number of rotatable bonds is 2. The number of thiophene rings is 1. The van der Waals surface area contributed by atoms with Crippen LogP contribution in [-0.2, 0) is 6.42 Å². The smallest absolute Gasteiger partial charge is 0.0158 e. The molecule has 0 amide bonds. The third-order valence-corrected chi connectivity index (χ3v) is 2.15. The summed E-state index contributed by atoms with van der Waals surface area (Å²) < 4.78 is 0. The van der Waals surface area contributed by atoms with Crippen molar-refractivity contribution in [3.8, 4) is 0 Å². The third-order valence-electron chi connectivity index (χ3n) is 1.10. The van der Waals surface area contributed by atoms with E-state index in [1.807, 2.05) is 0 Å². The van der Waals surface area contributed by atoms with Crippen molar-refractivity contribution in [1.82, 2.24) is 0 Å². The second kappa shape index (κ2) is 3.37. The molecule has 0 N–H and O–H groups in total. The maximum absolute atomic E-state index is 3.50. The quantitative estimate of drug-likeness (QED) is 0.651. The molecule has 0 aliphatic heterocycles. The molecule has 9 heavy (non-hydrogen) atoms. The average Bonchev–Trinajstić information content (AvgIpc) is 2.15. The average molecular weight is 205 g/mol. The van der Waals surface area contributed by atoms with E-state index in [1.54, 1.807) is 11.3 Å². The van der Waals surface area contributed by atoms with Crippen LogP contribution in [0.3, 0.4) is 0 Å². The molecule has 50 valence electrons. The Morgan fingerprint density at radius 3 is 3.00 bits per heavy atom. The zero-order chi connectivity index (χ0) is 6.69. The van der Waals surface area contributed by atoms with E-state index >= 15 is 0 Å². The highest BCUT2D eigenvalue weighted by molar-refractivity contribution is 9.09. The maximum atomic E-state index is 3.50. The molecule has 0 aromatic carbocycles. The maximum Gasteiger partial charge on any atom is 0.0158 e. The van der Waals surface area contributed by atoms with Gasteiger partial charge in [-0.15, -0.1) is 0 Å². The summed E-state index contributed by atoms with van der Waals surface area (Å²) in [6.45, 7) is 2.16. The first-order valence-corrected chi connectivity index (χ1v) is 4.80. The summed E-state index contributed by atoms with van der Waals surface area (Å²) in [5.41, 5.74) is 1.43. The van der Waals surface area contributed by atoms with Gasteiger partial charge in [0.25, 0.3) is 0 Å². The molecular weight excluding hydrogens is 196 g/mol. The first-order valence-electron chi connectivity index (χ1n) is 2.94. The highest BCUT2D eigenvalue weighted by atomic mass is 79.9. The van der Waals surface area contributed by atoms with E-state index in [9.17, 15) is 0 Å². The summed E-state index contributed by atoms with van der Waals surface area (Å²) in [5.74, 6) is 0. The normalized spacial score (nSPS) is 13.6. The molecule has 1 aromatic rings. The standard InChI is InChI=1S/C7H9BrS/c1-6(8)4-7-2-3-9-5-7/h2-3,5-6H,4H2,1H3/t6-/m0/s1. The fourth-order valence-corrected chi connectivity index (χ4v) is 1.79. The van der Waals surface area contributed by atoms with Gasteiger partial charge in [-0.25, -0.2) is 0 Å². The molecule has 0 nitrogen and oxygen atoms in total. The van der Waals surface area contributed by atoms with Crippen LogP contribution in [0.2, 0.25) is 0 Å². The van der Waals surface area contributed by atoms with Gasteiger partial charge in [0, 0.05) is 4.83 Å². The lowest BCUT2D eigenvalue weighted by atomic mass is 10.2. The van der Waals surface area contributed by atoms with E-state index in [-0.39, 0.29) is 0 Å². The van der Waals surface area contributed by atoms with Crippen molar-refractivity contribution < 1.29 is 0 Å². The van der Waals surface area contributed by atoms with E-state index in [4.69, 9.17) is 0 Å². The summed E-state index contributed by atoms with van der Waals surface area (Å²) in [6.07, 6.45) is 1.14. The van der Waals surface area contributed by atoms with Crippen molar-refractivity contribution in [2.24, 2.45) is 0 Å². The summed E-state index contributed by atoms with van der Waals surface area (Å²) in [6, 6.07) is 2.17. The van der Waals surface area contributed by atoms with Crippen LogP contribution < -0.4 is 0 Å². The van der Waals surface area contributed by atoms with Crippen LogP contribution in [-0.4, -0.2) is 4.83 Å². The minimum atomic E-state index is 0.604. The Morgan fingerprint density at radius 2 is 2.56 bits per heavy atom. The van der Waals surface area contributed by atoms with Crippen LogP contribution in [0.1, 0.15) is 12.5 Å². The fraction of sp³-hybridized carbons (Fsp3) is 0.429. The molecule has 0 bridgehead atoms. The molecule has 0 aliphatic rings. The van der Waals surface area contributed by atoms with Gasteiger partial charge in [-0.3, -0.25) is 0 Å². The Bertz CT molecular complexity index is 155. The van der Waals surface area contributed by atoms with Crippen LogP contribution in [0.4, 0.5) is 0 Å². The van der Waals surface area contributed by atoms with Gasteiger partial charge in [0.15, 0.2) is 0 Å². The van der Waals surface area contributed by atoms with Crippen LogP contribution in [0.25, 0.3) is 0 Å². The lowest BCUT2D eigenvalue weighted by molar-refractivity contribution is 0.965. The number of hydrogen-bond acceptors (Lipinski definition) is 1. The van der Waals surface area contributed by atoms with Gasteiger partial charge < -0.3 is 0 Å². The molecule has 0 saturated carbocycles. The topological polar surface area (TPSA) is 0 Å². The van der Waals surface area contributed by atoms with Crippen molar-refractivity contribution in [2.45, 2.75) is 18.2 Å². The third kappa shape index (κ3) is 2.50. The van der Waals surface area contributed by atoms with Gasteiger partial charge in [-0.2, -0.15) is 11.3 Å². The lowest BCUT2D eigenvalue weighted by Crippen LogP contribution is -1.93. The predicted molar refractivity (Wildman–Crippen MR) is 46.4 cm³/mol. The molecule has 0 aliphatic carbocycles. The van der Waals surface area contributed by atoms with Crippen molar-refractivity contribution in [3.05, 3.63) is 22.4 Å². The predicted octanol–water partition coefficient (Wildman–Crippen LogP) is 3.07. The highest BCUT2D eigenvalue weighted by Crippen LogP contribution is 2.11. The van der Waals surface area contributed by atoms with Crippen LogP contribution in [0, 0.1) is 0 Å². The number of alkyl halides is 1. The zero-order valence-corrected chi connectivity index (χ0v) is 7.71. The Labute approximate surface area is 68.0 Å². The van der Waals surface area contributed by atoms with Crippen LogP contribution in [0.15, 0.2) is 16.8 Å². The molecule has 1 heterocycles. The zero-order valence-electron chi connectivity index (χ0n) is 5.30. The fourth-order valence-electron chi connectivity index (χ4n) is 0.734. The minimum absolute atomic E-state index is 0.604. The Hall–Kier alpha value is 0.180. The van der Waals surface area contributed by atoms with E-state index in [2.05, 4.69) is 39.7 Å². The van der Waals surface area contributed by atoms with Crippen molar-refractivity contribution >= 4 is 27.3 Å². The summed E-state index contributed by atoms with van der Waals surface area (Å²) in [7, 11) is 0. The van der Waals surface area contributed by atoms with E-state index in [1.165, 1.54) is 5.56 Å². The Balaban J connectivity index is 2.48. The van der Waals surface area contributed by atoms with Gasteiger partial charge in [-0.1, -0.05) is 22.9 Å². The molecule has 2 heteroatoms. The molecule has 0 unspecified atom stereocenters. The first kappa shape index (κ1) is 7.29. The van der Waals surface area contributed by atoms with Crippen LogP contribution in [0.5, 0.6) is 0 Å². The van der Waals surface area contributed by atoms with E-state index in [0.717, 1.165) is 6.42 Å². The molecule has 1 rings (SSSR count). The van der Waals surface area contributed by atoms with Gasteiger partial charge in [0.05, 0.1) is 0 Å². The minimum Gasteiger partial charge on any atom is -0.152 e. The molecule has 0 radical (unpaired) electrons. The van der Waals surface area contributed by atoms with Crippen molar-refractivity contribution in [3.63, 3.8) is 0 Å². The first-order chi connectivity index (χ1) is 4.29. The van der Waals surface area contributed by atoms with Crippen LogP contribution >= 0.6 is 27.3 Å². The number of hydrogen-bond donors (Lipinski definition) is 0. The molecule has 1 atom stereocenters.